The zero-order valence-electron chi connectivity index (χ0n) is 8.16. The Morgan fingerprint density at radius 1 is 1.67 bits per heavy atom. The summed E-state index contributed by atoms with van der Waals surface area (Å²) in [5, 5.41) is 11.2. The number of oxime groups is 1. The Labute approximate surface area is 73.4 Å². The Balaban J connectivity index is 4.09. The van der Waals surface area contributed by atoms with E-state index in [9.17, 15) is 0 Å². The van der Waals surface area contributed by atoms with Crippen LogP contribution in [0.15, 0.2) is 5.16 Å². The van der Waals surface area contributed by atoms with Crippen LogP contribution in [0.1, 0.15) is 34.1 Å². The summed E-state index contributed by atoms with van der Waals surface area (Å²) < 4.78 is 5.52. The van der Waals surface area contributed by atoms with E-state index >= 15 is 0 Å². The van der Waals surface area contributed by atoms with Crippen LogP contribution in [0.4, 0.5) is 0 Å². The van der Waals surface area contributed by atoms with Crippen molar-refractivity contribution in [3.63, 3.8) is 0 Å². The van der Waals surface area contributed by atoms with Crippen LogP contribution >= 0.6 is 0 Å². The monoisotopic (exact) mass is 174 g/mol. The van der Waals surface area contributed by atoms with Crippen LogP contribution in [0.25, 0.3) is 0 Å². The van der Waals surface area contributed by atoms with Crippen molar-refractivity contribution in [2.45, 2.75) is 45.8 Å². The number of ether oxygens (including phenoxy) is 1. The maximum absolute atomic E-state index is 8.36. The number of nitrogens with zero attached hydrogens (tertiary/aromatic N) is 1. The summed E-state index contributed by atoms with van der Waals surface area (Å²) in [5.74, 6) is 0.108. The van der Waals surface area contributed by atoms with Gasteiger partial charge in [0, 0.05) is 0 Å². The number of hydrogen-bond donors (Lipinski definition) is 2. The van der Waals surface area contributed by atoms with Crippen LogP contribution in [0.3, 0.4) is 0 Å². The van der Waals surface area contributed by atoms with Crippen LogP contribution in [-0.2, 0) is 4.74 Å². The highest BCUT2D eigenvalue weighted by Gasteiger charge is 2.21. The number of nitrogens with two attached hydrogens (primary N) is 1. The summed E-state index contributed by atoms with van der Waals surface area (Å²) in [7, 11) is 0. The molecule has 4 nitrogen and oxygen atoms in total. The fourth-order valence-electron chi connectivity index (χ4n) is 0.704. The average molecular weight is 174 g/mol. The summed E-state index contributed by atoms with van der Waals surface area (Å²) in [5.41, 5.74) is 5.13. The summed E-state index contributed by atoms with van der Waals surface area (Å²) in [6.45, 7) is 7.72. The molecule has 1 atom stereocenters. The molecule has 3 N–H and O–H groups in total. The van der Waals surface area contributed by atoms with Crippen molar-refractivity contribution < 1.29 is 9.94 Å². The minimum absolute atomic E-state index is 0.108. The summed E-state index contributed by atoms with van der Waals surface area (Å²) in [6.07, 6.45) is 0.542. The molecule has 0 fully saturated rings. The zero-order valence-corrected chi connectivity index (χ0v) is 8.16. The maximum Gasteiger partial charge on any atom is 0.168 e. The number of hydrogen-bond acceptors (Lipinski definition) is 3. The fourth-order valence-corrected chi connectivity index (χ4v) is 0.704. The predicted molar refractivity (Wildman–Crippen MR) is 48.3 cm³/mol. The van der Waals surface area contributed by atoms with E-state index in [0.29, 0.717) is 0 Å². The Hall–Kier alpha value is -0.770. The van der Waals surface area contributed by atoms with Gasteiger partial charge in [0.05, 0.1) is 5.60 Å². The van der Waals surface area contributed by atoms with Crippen molar-refractivity contribution in [1.29, 1.82) is 0 Å². The van der Waals surface area contributed by atoms with Gasteiger partial charge in [0.1, 0.15) is 6.10 Å². The molecular formula is C8H18N2O2. The van der Waals surface area contributed by atoms with Crippen molar-refractivity contribution in [2.24, 2.45) is 10.9 Å². The quantitative estimate of drug-likeness (QED) is 0.292. The molecule has 0 aromatic heterocycles. The molecule has 0 aromatic rings. The van der Waals surface area contributed by atoms with E-state index < -0.39 is 0 Å². The molecule has 0 amide bonds. The van der Waals surface area contributed by atoms with Gasteiger partial charge in [-0.3, -0.25) is 0 Å². The third-order valence-corrected chi connectivity index (χ3v) is 1.88. The smallest absolute Gasteiger partial charge is 0.168 e. The van der Waals surface area contributed by atoms with Gasteiger partial charge in [-0.25, -0.2) is 0 Å². The average Bonchev–Trinajstić information content (AvgIpc) is 2.02. The standard InChI is InChI=1S/C8H18N2O2/c1-5-8(3,4)12-6(2)7(9)10-11/h6,11H,5H2,1-4H3,(H2,9,10). The van der Waals surface area contributed by atoms with Crippen LogP contribution in [-0.4, -0.2) is 22.7 Å². The molecular weight excluding hydrogens is 156 g/mol. The lowest BCUT2D eigenvalue weighted by Crippen LogP contribution is -2.36. The summed E-state index contributed by atoms with van der Waals surface area (Å²) >= 11 is 0. The minimum Gasteiger partial charge on any atom is -0.409 e. The second-order valence-corrected chi connectivity index (χ2v) is 3.40. The molecule has 0 bridgehead atoms. The highest BCUT2D eigenvalue weighted by Crippen LogP contribution is 2.15. The third kappa shape index (κ3) is 3.57. The molecule has 0 rings (SSSR count). The fraction of sp³-hybridized carbons (Fsp3) is 0.875. The largest absolute Gasteiger partial charge is 0.409 e. The van der Waals surface area contributed by atoms with Crippen molar-refractivity contribution in [3.05, 3.63) is 0 Å². The second kappa shape index (κ2) is 4.30. The van der Waals surface area contributed by atoms with Gasteiger partial charge in [0.15, 0.2) is 5.84 Å². The lowest BCUT2D eigenvalue weighted by molar-refractivity contribution is -0.0388. The van der Waals surface area contributed by atoms with Gasteiger partial charge in [-0.1, -0.05) is 12.1 Å². The molecule has 0 aliphatic rings. The molecule has 1 unspecified atom stereocenters. The minimum atomic E-state index is -0.343. The lowest BCUT2D eigenvalue weighted by atomic mass is 10.1. The molecule has 0 radical (unpaired) electrons. The first-order chi connectivity index (χ1) is 5.43. The molecule has 12 heavy (non-hydrogen) atoms. The van der Waals surface area contributed by atoms with Gasteiger partial charge in [-0.05, 0) is 27.2 Å². The van der Waals surface area contributed by atoms with Gasteiger partial charge >= 0.3 is 0 Å². The van der Waals surface area contributed by atoms with Crippen molar-refractivity contribution in [2.75, 3.05) is 0 Å². The first-order valence-corrected chi connectivity index (χ1v) is 4.08. The molecule has 0 aliphatic carbocycles. The van der Waals surface area contributed by atoms with Crippen LogP contribution < -0.4 is 5.73 Å². The first kappa shape index (κ1) is 11.2. The van der Waals surface area contributed by atoms with Crippen molar-refractivity contribution in [1.82, 2.24) is 0 Å². The van der Waals surface area contributed by atoms with Gasteiger partial charge in [0.2, 0.25) is 0 Å². The Bertz CT molecular complexity index is 166. The molecule has 4 heteroatoms. The molecule has 0 saturated heterocycles. The van der Waals surface area contributed by atoms with E-state index in [1.54, 1.807) is 6.92 Å². The van der Waals surface area contributed by atoms with E-state index in [4.69, 9.17) is 15.7 Å². The zero-order chi connectivity index (χ0) is 9.78. The molecule has 0 saturated carbocycles. The summed E-state index contributed by atoms with van der Waals surface area (Å²) in [4.78, 5) is 0. The van der Waals surface area contributed by atoms with Crippen LogP contribution in [0.5, 0.6) is 0 Å². The molecule has 0 spiro atoms. The number of amidine groups is 1. The highest BCUT2D eigenvalue weighted by atomic mass is 16.5. The summed E-state index contributed by atoms with van der Waals surface area (Å²) in [6, 6.07) is 0. The maximum atomic E-state index is 8.36. The predicted octanol–water partition coefficient (Wildman–Crippen LogP) is 1.33. The second-order valence-electron chi connectivity index (χ2n) is 3.40. The van der Waals surface area contributed by atoms with Gasteiger partial charge in [0.25, 0.3) is 0 Å². The molecule has 0 aliphatic heterocycles. The SMILES string of the molecule is CCC(C)(C)OC(C)C(N)=NO. The third-order valence-electron chi connectivity index (χ3n) is 1.88. The highest BCUT2D eigenvalue weighted by molar-refractivity contribution is 5.83. The van der Waals surface area contributed by atoms with Gasteiger partial charge < -0.3 is 15.7 Å². The number of rotatable bonds is 4. The van der Waals surface area contributed by atoms with Crippen LogP contribution in [0.2, 0.25) is 0 Å². The van der Waals surface area contributed by atoms with E-state index in [-0.39, 0.29) is 17.5 Å². The molecule has 0 aromatic carbocycles. The topological polar surface area (TPSA) is 67.8 Å². The van der Waals surface area contributed by atoms with E-state index in [2.05, 4.69) is 5.16 Å². The molecule has 72 valence electrons. The van der Waals surface area contributed by atoms with Crippen molar-refractivity contribution in [3.8, 4) is 0 Å². The van der Waals surface area contributed by atoms with Crippen molar-refractivity contribution >= 4 is 5.84 Å². The first-order valence-electron chi connectivity index (χ1n) is 4.08. The van der Waals surface area contributed by atoms with E-state index in [1.165, 1.54) is 0 Å². The van der Waals surface area contributed by atoms with E-state index in [1.807, 2.05) is 20.8 Å². The Kier molecular flexibility index (Phi) is 4.03. The van der Waals surface area contributed by atoms with Gasteiger partial charge in [-0.15, -0.1) is 0 Å². The lowest BCUT2D eigenvalue weighted by Gasteiger charge is -2.27. The normalized spacial score (nSPS) is 16.2. The van der Waals surface area contributed by atoms with Crippen LogP contribution in [0, 0.1) is 0 Å². The molecule has 0 heterocycles. The van der Waals surface area contributed by atoms with E-state index in [0.717, 1.165) is 6.42 Å². The Morgan fingerprint density at radius 2 is 2.17 bits per heavy atom. The van der Waals surface area contributed by atoms with Gasteiger partial charge in [-0.2, -0.15) is 0 Å². The Morgan fingerprint density at radius 3 is 2.50 bits per heavy atom.